The molecule has 6 aromatic rings. The molecule has 1 N–H and O–H groups in total. The van der Waals surface area contributed by atoms with Crippen molar-refractivity contribution in [3.63, 3.8) is 0 Å². The first-order valence-corrected chi connectivity index (χ1v) is 14.8. The van der Waals surface area contributed by atoms with Crippen LogP contribution in [0.15, 0.2) is 140 Å². The van der Waals surface area contributed by atoms with E-state index in [1.807, 2.05) is 109 Å². The Morgan fingerprint density at radius 3 is 1.76 bits per heavy atom. The smallest absolute Gasteiger partial charge is 0.168 e. The van der Waals surface area contributed by atoms with Gasteiger partial charge in [0, 0.05) is 21.9 Å². The molecule has 0 spiro atoms. The molecule has 5 heteroatoms. The Balaban J connectivity index is 1.48. The normalized spacial score (nSPS) is 12.3. The van der Waals surface area contributed by atoms with Crippen molar-refractivity contribution < 1.29 is 4.57 Å². The minimum Gasteiger partial charge on any atom is -0.371 e. The monoisotopic (exact) mass is 516 g/mol. The molecule has 0 fully saturated rings. The topological polar surface area (TPSA) is 42.0 Å². The lowest BCUT2D eigenvalue weighted by Gasteiger charge is -2.31. The zero-order valence-corrected chi connectivity index (χ0v) is 21.8. The van der Waals surface area contributed by atoms with Crippen LogP contribution < -0.4 is 15.9 Å². The van der Waals surface area contributed by atoms with Gasteiger partial charge in [-0.15, -0.1) is 11.3 Å². The Labute approximate surface area is 220 Å². The van der Waals surface area contributed by atoms with Gasteiger partial charge in [-0.2, -0.15) is 0 Å². The quantitative estimate of drug-likeness (QED) is 0.218. The van der Waals surface area contributed by atoms with Crippen LogP contribution in [-0.4, -0.2) is 4.98 Å². The Morgan fingerprint density at radius 1 is 0.622 bits per heavy atom. The first-order valence-electron chi connectivity index (χ1n) is 12.2. The number of rotatable bonds is 7. The molecule has 1 aromatic heterocycles. The molecule has 0 bridgehead atoms. The molecule has 1 atom stereocenters. The molecule has 0 radical (unpaired) electrons. The fraction of sp³-hybridized carbons (Fsp3) is 0.0312. The van der Waals surface area contributed by atoms with Gasteiger partial charge in [0.2, 0.25) is 0 Å². The van der Waals surface area contributed by atoms with E-state index in [9.17, 15) is 0 Å². The van der Waals surface area contributed by atoms with Crippen LogP contribution in [0, 0.1) is 0 Å². The highest BCUT2D eigenvalue weighted by Crippen LogP contribution is 2.57. The molecular formula is C32H25N2OPS. The average Bonchev–Trinajstić information content (AvgIpc) is 3.42. The van der Waals surface area contributed by atoms with Crippen molar-refractivity contribution in [3.8, 4) is 10.6 Å². The van der Waals surface area contributed by atoms with Gasteiger partial charge in [0.05, 0.1) is 10.2 Å². The van der Waals surface area contributed by atoms with E-state index in [-0.39, 0.29) is 0 Å². The van der Waals surface area contributed by atoms with E-state index >= 15 is 4.57 Å². The Morgan fingerprint density at radius 2 is 1.16 bits per heavy atom. The highest BCUT2D eigenvalue weighted by molar-refractivity contribution is 7.79. The summed E-state index contributed by atoms with van der Waals surface area (Å²) in [5, 5.41) is 6.27. The summed E-state index contributed by atoms with van der Waals surface area (Å²) in [6.45, 7) is 0. The molecule has 0 saturated heterocycles. The van der Waals surface area contributed by atoms with Crippen molar-refractivity contribution in [3.05, 3.63) is 145 Å². The van der Waals surface area contributed by atoms with Crippen LogP contribution in [0.1, 0.15) is 11.3 Å². The number of hydrogen-bond acceptors (Lipinski definition) is 4. The van der Waals surface area contributed by atoms with E-state index in [0.29, 0.717) is 0 Å². The van der Waals surface area contributed by atoms with E-state index in [4.69, 9.17) is 4.98 Å². The summed E-state index contributed by atoms with van der Waals surface area (Å²) in [6.07, 6.45) is 0. The van der Waals surface area contributed by atoms with Crippen LogP contribution in [0.3, 0.4) is 0 Å². The lowest BCUT2D eigenvalue weighted by molar-refractivity contribution is 0.581. The van der Waals surface area contributed by atoms with Crippen LogP contribution in [0.25, 0.3) is 20.8 Å². The molecule has 3 nitrogen and oxygen atoms in total. The number of fused-ring (bicyclic) bond motifs is 1. The number of thiazole rings is 1. The second kappa shape index (κ2) is 10.2. The van der Waals surface area contributed by atoms with Gasteiger partial charge < -0.3 is 9.88 Å². The molecule has 0 saturated carbocycles. The van der Waals surface area contributed by atoms with Gasteiger partial charge in [-0.05, 0) is 29.8 Å². The largest absolute Gasteiger partial charge is 0.371 e. The van der Waals surface area contributed by atoms with E-state index in [1.54, 1.807) is 11.3 Å². The van der Waals surface area contributed by atoms with Crippen molar-refractivity contribution in [1.82, 2.24) is 4.98 Å². The number of hydrogen-bond donors (Lipinski definition) is 1. The third-order valence-electron chi connectivity index (χ3n) is 6.49. The van der Waals surface area contributed by atoms with E-state index in [0.717, 1.165) is 37.9 Å². The Bertz CT molecular complexity index is 1590. The summed E-state index contributed by atoms with van der Waals surface area (Å²) in [6, 6.07) is 46.2. The molecule has 0 aliphatic heterocycles. The molecule has 1 unspecified atom stereocenters. The van der Waals surface area contributed by atoms with Gasteiger partial charge in [0.1, 0.15) is 10.8 Å². The predicted molar refractivity (Wildman–Crippen MR) is 158 cm³/mol. The highest BCUT2D eigenvalue weighted by Gasteiger charge is 2.38. The predicted octanol–water partition coefficient (Wildman–Crippen LogP) is 8.09. The standard InChI is InChI=1S/C32H25N2OPS/c35-36(27-14-6-2-7-15-27,28-16-8-3-9-17-28)31(33-26-12-4-1-5-13-26)24-20-22-25(23-21-24)32-34-29-18-10-11-19-30(29)37-32/h1-23,31,33H. The van der Waals surface area contributed by atoms with Gasteiger partial charge >= 0.3 is 0 Å². The number of anilines is 1. The molecule has 180 valence electrons. The molecule has 0 amide bonds. The summed E-state index contributed by atoms with van der Waals surface area (Å²) in [5.74, 6) is -0.455. The van der Waals surface area contributed by atoms with Crippen LogP contribution in [0.2, 0.25) is 0 Å². The maximum atomic E-state index is 15.3. The van der Waals surface area contributed by atoms with Crippen LogP contribution in [-0.2, 0) is 4.57 Å². The van der Waals surface area contributed by atoms with Crippen molar-refractivity contribution in [1.29, 1.82) is 0 Å². The number of benzene rings is 5. The van der Waals surface area contributed by atoms with Gasteiger partial charge in [-0.3, -0.25) is 0 Å². The second-order valence-corrected chi connectivity index (χ2v) is 12.7. The van der Waals surface area contributed by atoms with E-state index < -0.39 is 12.9 Å². The maximum absolute atomic E-state index is 15.3. The maximum Gasteiger partial charge on any atom is 0.168 e. The average molecular weight is 517 g/mol. The summed E-state index contributed by atoms with van der Waals surface area (Å²) >= 11 is 1.69. The Kier molecular flexibility index (Phi) is 6.44. The van der Waals surface area contributed by atoms with Crippen molar-refractivity contribution in [2.24, 2.45) is 0 Å². The molecule has 1 heterocycles. The molecular weight excluding hydrogens is 491 g/mol. The Hall–Kier alpha value is -3.98. The highest BCUT2D eigenvalue weighted by atomic mass is 32.1. The summed E-state index contributed by atoms with van der Waals surface area (Å²) in [5.41, 5.74) is 3.95. The van der Waals surface area contributed by atoms with Gasteiger partial charge in [0.25, 0.3) is 0 Å². The molecule has 37 heavy (non-hydrogen) atoms. The second-order valence-electron chi connectivity index (χ2n) is 8.85. The van der Waals surface area contributed by atoms with Crippen molar-refractivity contribution in [2.45, 2.75) is 5.78 Å². The van der Waals surface area contributed by atoms with Crippen LogP contribution in [0.4, 0.5) is 5.69 Å². The first-order chi connectivity index (χ1) is 18.2. The van der Waals surface area contributed by atoms with Gasteiger partial charge in [-0.25, -0.2) is 4.98 Å². The third-order valence-corrected chi connectivity index (χ3v) is 10.9. The van der Waals surface area contributed by atoms with Gasteiger partial charge in [0.15, 0.2) is 7.14 Å². The van der Waals surface area contributed by atoms with Crippen molar-refractivity contribution >= 4 is 45.0 Å². The number of nitrogens with zero attached hydrogens (tertiary/aromatic N) is 1. The minimum atomic E-state index is -3.16. The summed E-state index contributed by atoms with van der Waals surface area (Å²) in [7, 11) is -3.16. The van der Waals surface area contributed by atoms with E-state index in [1.165, 1.54) is 4.70 Å². The number of aromatic nitrogens is 1. The molecule has 6 rings (SSSR count). The van der Waals surface area contributed by atoms with Gasteiger partial charge in [-0.1, -0.05) is 115 Å². The SMILES string of the molecule is O=P(c1ccccc1)(c1ccccc1)C(Nc1ccccc1)c1ccc(-c2nc3ccccc3s2)cc1. The van der Waals surface area contributed by atoms with E-state index in [2.05, 4.69) is 35.6 Å². The fourth-order valence-corrected chi connectivity index (χ4v) is 8.64. The summed E-state index contributed by atoms with van der Waals surface area (Å²) < 4.78 is 16.5. The number of nitrogens with one attached hydrogen (secondary N) is 1. The molecule has 0 aliphatic rings. The molecule has 5 aromatic carbocycles. The first kappa shape index (κ1) is 23.4. The molecule has 0 aliphatic carbocycles. The van der Waals surface area contributed by atoms with Crippen molar-refractivity contribution in [2.75, 3.05) is 5.32 Å². The zero-order chi connectivity index (χ0) is 25.1. The summed E-state index contributed by atoms with van der Waals surface area (Å²) in [4.78, 5) is 4.82. The fourth-order valence-electron chi connectivity index (χ4n) is 4.63. The minimum absolute atomic E-state index is 0.455. The lowest BCUT2D eigenvalue weighted by atomic mass is 10.1. The third kappa shape index (κ3) is 4.62. The zero-order valence-electron chi connectivity index (χ0n) is 20.1. The number of para-hydroxylation sites is 2. The van der Waals surface area contributed by atoms with Crippen LogP contribution >= 0.6 is 18.5 Å². The lowest BCUT2D eigenvalue weighted by Crippen LogP contribution is -2.25. The van der Waals surface area contributed by atoms with Crippen LogP contribution in [0.5, 0.6) is 0 Å².